The average molecular weight is 380 g/mol. The molecule has 0 bridgehead atoms. The summed E-state index contributed by atoms with van der Waals surface area (Å²) in [6, 6.07) is 12.1. The van der Waals surface area contributed by atoms with E-state index in [0.29, 0.717) is 27.8 Å². The zero-order chi connectivity index (χ0) is 18.2. The predicted molar refractivity (Wildman–Crippen MR) is 104 cm³/mol. The van der Waals surface area contributed by atoms with Gasteiger partial charge in [-0.2, -0.15) is 0 Å². The highest BCUT2D eigenvalue weighted by molar-refractivity contribution is 6.42. The number of carbonyl (C=O) groups excluding carboxylic acids is 2. The summed E-state index contributed by atoms with van der Waals surface area (Å²) in [5, 5.41) is 9.37. The van der Waals surface area contributed by atoms with E-state index in [1.54, 1.807) is 36.4 Å². The van der Waals surface area contributed by atoms with Crippen molar-refractivity contribution in [3.8, 4) is 0 Å². The van der Waals surface area contributed by atoms with Gasteiger partial charge < -0.3 is 16.0 Å². The molecule has 0 saturated carbocycles. The lowest BCUT2D eigenvalue weighted by atomic mass is 10.2. The second kappa shape index (κ2) is 9.30. The minimum atomic E-state index is -0.223. The second-order valence-corrected chi connectivity index (χ2v) is 6.22. The molecule has 132 valence electrons. The van der Waals surface area contributed by atoms with Gasteiger partial charge in [0.25, 0.3) is 0 Å². The highest BCUT2D eigenvalue weighted by Crippen LogP contribution is 2.25. The van der Waals surface area contributed by atoms with Gasteiger partial charge in [0.05, 0.1) is 16.6 Å². The third-order valence-corrected chi connectivity index (χ3v) is 4.02. The molecule has 2 rings (SSSR count). The molecule has 0 spiro atoms. The largest absolute Gasteiger partial charge is 0.376 e. The summed E-state index contributed by atoms with van der Waals surface area (Å²) < 4.78 is 0. The first-order chi connectivity index (χ1) is 12.0. The third-order valence-electron chi connectivity index (χ3n) is 3.28. The van der Waals surface area contributed by atoms with Gasteiger partial charge in [0.15, 0.2) is 0 Å². The van der Waals surface area contributed by atoms with Crippen molar-refractivity contribution in [2.45, 2.75) is 19.8 Å². The fourth-order valence-corrected chi connectivity index (χ4v) is 2.42. The maximum atomic E-state index is 12.0. The van der Waals surface area contributed by atoms with Crippen molar-refractivity contribution in [2.75, 3.05) is 22.5 Å². The molecule has 3 N–H and O–H groups in total. The Bertz CT molecular complexity index is 766. The third kappa shape index (κ3) is 6.29. The van der Waals surface area contributed by atoms with Crippen LogP contribution in [-0.2, 0) is 9.59 Å². The Labute approximate surface area is 156 Å². The van der Waals surface area contributed by atoms with Gasteiger partial charge in [-0.25, -0.2) is 0 Å². The molecule has 0 aliphatic rings. The summed E-state index contributed by atoms with van der Waals surface area (Å²) in [7, 11) is 0. The van der Waals surface area contributed by atoms with Crippen LogP contribution in [0.3, 0.4) is 0 Å². The van der Waals surface area contributed by atoms with E-state index in [1.807, 2.05) is 13.0 Å². The number of rotatable bonds is 7. The van der Waals surface area contributed by atoms with Crippen molar-refractivity contribution in [3.05, 3.63) is 52.5 Å². The summed E-state index contributed by atoms with van der Waals surface area (Å²) in [4.78, 5) is 23.6. The van der Waals surface area contributed by atoms with E-state index in [0.717, 1.165) is 12.1 Å². The Hall–Kier alpha value is -2.24. The van der Waals surface area contributed by atoms with Crippen molar-refractivity contribution < 1.29 is 9.59 Å². The second-order valence-electron chi connectivity index (χ2n) is 5.41. The van der Waals surface area contributed by atoms with Crippen LogP contribution in [0.5, 0.6) is 0 Å². The average Bonchev–Trinajstić information content (AvgIpc) is 2.57. The molecule has 2 aromatic carbocycles. The maximum absolute atomic E-state index is 12.0. The van der Waals surface area contributed by atoms with E-state index in [4.69, 9.17) is 23.2 Å². The normalized spacial score (nSPS) is 10.2. The SMILES string of the molecule is CCCC(=O)Nc1cccc(NCC(=O)Nc2ccc(Cl)c(Cl)c2)c1. The zero-order valence-electron chi connectivity index (χ0n) is 13.7. The molecule has 2 aromatic rings. The van der Waals surface area contributed by atoms with Crippen LogP contribution in [0.15, 0.2) is 42.5 Å². The van der Waals surface area contributed by atoms with Crippen LogP contribution in [0.4, 0.5) is 17.1 Å². The van der Waals surface area contributed by atoms with Crippen LogP contribution in [-0.4, -0.2) is 18.4 Å². The van der Waals surface area contributed by atoms with Gasteiger partial charge in [-0.15, -0.1) is 0 Å². The van der Waals surface area contributed by atoms with Gasteiger partial charge in [0, 0.05) is 23.5 Å². The first kappa shape index (κ1) is 19.1. The summed E-state index contributed by atoms with van der Waals surface area (Å²) >= 11 is 11.8. The molecule has 5 nitrogen and oxygen atoms in total. The quantitative estimate of drug-likeness (QED) is 0.647. The van der Waals surface area contributed by atoms with Crippen LogP contribution in [0, 0.1) is 0 Å². The molecule has 7 heteroatoms. The van der Waals surface area contributed by atoms with Gasteiger partial charge in [-0.3, -0.25) is 9.59 Å². The lowest BCUT2D eigenvalue weighted by Crippen LogP contribution is -2.21. The number of carbonyl (C=O) groups is 2. The monoisotopic (exact) mass is 379 g/mol. The lowest BCUT2D eigenvalue weighted by Gasteiger charge is -2.10. The molecule has 0 aliphatic carbocycles. The zero-order valence-corrected chi connectivity index (χ0v) is 15.2. The Morgan fingerprint density at radius 2 is 1.56 bits per heavy atom. The van der Waals surface area contributed by atoms with E-state index in [-0.39, 0.29) is 18.4 Å². The van der Waals surface area contributed by atoms with E-state index in [2.05, 4.69) is 16.0 Å². The summed E-state index contributed by atoms with van der Waals surface area (Å²) in [6.45, 7) is 2.02. The van der Waals surface area contributed by atoms with Gasteiger partial charge in [-0.05, 0) is 42.8 Å². The topological polar surface area (TPSA) is 70.2 Å². The molecule has 2 amide bonds. The standard InChI is InChI=1S/C18H19Cl2N3O2/c1-2-4-17(24)22-13-6-3-5-12(9-13)21-11-18(25)23-14-7-8-15(19)16(20)10-14/h3,5-10,21H,2,4,11H2,1H3,(H,22,24)(H,23,25). The minimum Gasteiger partial charge on any atom is -0.376 e. The van der Waals surface area contributed by atoms with E-state index in [1.165, 1.54) is 0 Å². The van der Waals surface area contributed by atoms with Crippen molar-refractivity contribution in [1.82, 2.24) is 0 Å². The summed E-state index contributed by atoms with van der Waals surface area (Å²) in [5.74, 6) is -0.254. The van der Waals surface area contributed by atoms with Crippen LogP contribution in [0.1, 0.15) is 19.8 Å². The number of benzene rings is 2. The highest BCUT2D eigenvalue weighted by atomic mass is 35.5. The van der Waals surface area contributed by atoms with E-state index >= 15 is 0 Å². The molecule has 25 heavy (non-hydrogen) atoms. The Morgan fingerprint density at radius 3 is 2.28 bits per heavy atom. The van der Waals surface area contributed by atoms with Crippen LogP contribution in [0.2, 0.25) is 10.0 Å². The molecular formula is C18H19Cl2N3O2. The molecule has 0 heterocycles. The predicted octanol–water partition coefficient (Wildman–Crippen LogP) is 4.78. The molecule has 0 aromatic heterocycles. The Balaban J connectivity index is 1.88. The first-order valence-electron chi connectivity index (χ1n) is 7.86. The number of nitrogens with one attached hydrogen (secondary N) is 3. The summed E-state index contributed by atoms with van der Waals surface area (Å²) in [6.07, 6.45) is 1.27. The molecule has 0 unspecified atom stereocenters. The van der Waals surface area contributed by atoms with Crippen LogP contribution >= 0.6 is 23.2 Å². The number of amides is 2. The molecule has 0 fully saturated rings. The van der Waals surface area contributed by atoms with Gasteiger partial charge >= 0.3 is 0 Å². The number of hydrogen-bond acceptors (Lipinski definition) is 3. The Kier molecular flexibility index (Phi) is 7.10. The van der Waals surface area contributed by atoms with E-state index in [9.17, 15) is 9.59 Å². The van der Waals surface area contributed by atoms with Crippen molar-refractivity contribution in [3.63, 3.8) is 0 Å². The number of hydrogen-bond donors (Lipinski definition) is 3. The lowest BCUT2D eigenvalue weighted by molar-refractivity contribution is -0.116. The maximum Gasteiger partial charge on any atom is 0.243 e. The summed E-state index contributed by atoms with van der Waals surface area (Å²) in [5.41, 5.74) is 1.99. The van der Waals surface area contributed by atoms with Crippen LogP contribution in [0.25, 0.3) is 0 Å². The Morgan fingerprint density at radius 1 is 0.880 bits per heavy atom. The highest BCUT2D eigenvalue weighted by Gasteiger charge is 2.06. The molecule has 0 atom stereocenters. The van der Waals surface area contributed by atoms with E-state index < -0.39 is 0 Å². The minimum absolute atomic E-state index is 0.0305. The molecular weight excluding hydrogens is 361 g/mol. The molecule has 0 radical (unpaired) electrons. The van der Waals surface area contributed by atoms with Crippen molar-refractivity contribution >= 4 is 52.1 Å². The number of halogens is 2. The smallest absolute Gasteiger partial charge is 0.243 e. The van der Waals surface area contributed by atoms with Gasteiger partial charge in [0.1, 0.15) is 0 Å². The van der Waals surface area contributed by atoms with Gasteiger partial charge in [-0.1, -0.05) is 36.2 Å². The molecule has 0 saturated heterocycles. The fraction of sp³-hybridized carbons (Fsp3) is 0.222. The first-order valence-corrected chi connectivity index (χ1v) is 8.62. The molecule has 0 aliphatic heterocycles. The fourth-order valence-electron chi connectivity index (χ4n) is 2.12. The van der Waals surface area contributed by atoms with Crippen LogP contribution < -0.4 is 16.0 Å². The van der Waals surface area contributed by atoms with Gasteiger partial charge in [0.2, 0.25) is 11.8 Å². The van der Waals surface area contributed by atoms with Crippen molar-refractivity contribution in [2.24, 2.45) is 0 Å². The van der Waals surface area contributed by atoms with Crippen molar-refractivity contribution in [1.29, 1.82) is 0 Å². The number of anilines is 3.